The Hall–Kier alpha value is -2.30. The van der Waals surface area contributed by atoms with Crippen LogP contribution >= 0.6 is 34.9 Å². The summed E-state index contributed by atoms with van der Waals surface area (Å²) in [4.78, 5) is 34.8. The van der Waals surface area contributed by atoms with Crippen LogP contribution in [0.3, 0.4) is 0 Å². The van der Waals surface area contributed by atoms with Gasteiger partial charge >= 0.3 is 0 Å². The summed E-state index contributed by atoms with van der Waals surface area (Å²) in [6.07, 6.45) is 2.39. The van der Waals surface area contributed by atoms with Gasteiger partial charge in [0.15, 0.2) is 10.3 Å². The lowest BCUT2D eigenvalue weighted by atomic mass is 10.3. The predicted octanol–water partition coefficient (Wildman–Crippen LogP) is 3.08. The molecule has 0 unspecified atom stereocenters. The molecule has 1 amide bonds. The minimum atomic E-state index is -0.193. The van der Waals surface area contributed by atoms with Gasteiger partial charge in [-0.1, -0.05) is 17.8 Å². The number of ether oxygens (including phenoxy) is 1. The average molecular weight is 433 g/mol. The van der Waals surface area contributed by atoms with Crippen molar-refractivity contribution in [3.05, 3.63) is 51.9 Å². The Balaban J connectivity index is 1.66. The molecule has 3 aromatic rings. The van der Waals surface area contributed by atoms with Crippen LogP contribution in [0.1, 0.15) is 5.69 Å². The van der Waals surface area contributed by atoms with Gasteiger partial charge < -0.3 is 10.1 Å². The van der Waals surface area contributed by atoms with Gasteiger partial charge in [-0.3, -0.25) is 14.2 Å². The van der Waals surface area contributed by atoms with E-state index in [0.717, 1.165) is 17.9 Å². The van der Waals surface area contributed by atoms with E-state index in [1.165, 1.54) is 34.9 Å². The second kappa shape index (κ2) is 8.38. The second-order valence-corrected chi connectivity index (χ2v) is 8.73. The number of rotatable bonds is 6. The number of nitrogens with zero attached hydrogens (tertiary/aromatic N) is 3. The maximum absolute atomic E-state index is 13.1. The molecule has 1 N–H and O–H groups in total. The minimum Gasteiger partial charge on any atom is -0.497 e. The van der Waals surface area contributed by atoms with E-state index in [9.17, 15) is 9.59 Å². The number of aromatic nitrogens is 3. The summed E-state index contributed by atoms with van der Waals surface area (Å²) in [5.41, 5.74) is 1.36. The van der Waals surface area contributed by atoms with Gasteiger partial charge in [0, 0.05) is 29.8 Å². The molecule has 1 aliphatic rings. The van der Waals surface area contributed by atoms with E-state index >= 15 is 0 Å². The van der Waals surface area contributed by atoms with E-state index in [2.05, 4.69) is 15.3 Å². The number of hydrogen-bond acceptors (Lipinski definition) is 8. The molecule has 0 radical (unpaired) electrons. The van der Waals surface area contributed by atoms with Crippen LogP contribution in [0.5, 0.6) is 5.75 Å². The monoisotopic (exact) mass is 432 g/mol. The topological polar surface area (TPSA) is 86.1 Å². The number of methoxy groups -OCH3 is 1. The molecule has 0 bridgehead atoms. The normalized spacial score (nSPS) is 12.6. The number of nitrogens with one attached hydrogen (secondary N) is 1. The molecule has 0 saturated carbocycles. The highest BCUT2D eigenvalue weighted by Crippen LogP contribution is 2.30. The van der Waals surface area contributed by atoms with Crippen LogP contribution in [0, 0.1) is 0 Å². The first kappa shape index (κ1) is 19.0. The quantitative estimate of drug-likeness (QED) is 0.473. The highest BCUT2D eigenvalue weighted by molar-refractivity contribution is 8.00. The number of fused-ring (bicyclic) bond motifs is 1. The fourth-order valence-electron chi connectivity index (χ4n) is 2.74. The van der Waals surface area contributed by atoms with Gasteiger partial charge in [-0.25, -0.2) is 9.97 Å². The van der Waals surface area contributed by atoms with E-state index in [0.29, 0.717) is 26.6 Å². The third kappa shape index (κ3) is 3.94. The molecule has 1 aliphatic heterocycles. The lowest BCUT2D eigenvalue weighted by Crippen LogP contribution is -2.24. The number of aryl methyl sites for hydroxylation is 1. The summed E-state index contributed by atoms with van der Waals surface area (Å²) in [5.74, 6) is 1.42. The average Bonchev–Trinajstić information content (AvgIpc) is 3.38. The van der Waals surface area contributed by atoms with Crippen molar-refractivity contribution in [2.75, 3.05) is 23.9 Å². The zero-order chi connectivity index (χ0) is 19.5. The van der Waals surface area contributed by atoms with E-state index in [-0.39, 0.29) is 17.2 Å². The molecular weight excluding hydrogens is 416 g/mol. The Bertz CT molecular complexity index is 1070. The fraction of sp³-hybridized carbons (Fsp3) is 0.222. The van der Waals surface area contributed by atoms with Crippen LogP contribution in [0.25, 0.3) is 5.69 Å². The molecule has 0 spiro atoms. The molecule has 0 aliphatic carbocycles. The van der Waals surface area contributed by atoms with Gasteiger partial charge in [-0.15, -0.1) is 23.1 Å². The molecule has 4 rings (SSSR count). The molecule has 0 atom stereocenters. The molecular formula is C18H16N4O3S3. The predicted molar refractivity (Wildman–Crippen MR) is 112 cm³/mol. The van der Waals surface area contributed by atoms with Crippen LogP contribution < -0.4 is 15.6 Å². The van der Waals surface area contributed by atoms with Crippen molar-refractivity contribution in [1.82, 2.24) is 14.5 Å². The molecule has 10 heteroatoms. The van der Waals surface area contributed by atoms with E-state index in [1.54, 1.807) is 29.3 Å². The van der Waals surface area contributed by atoms with Gasteiger partial charge in [0.25, 0.3) is 5.56 Å². The Kier molecular flexibility index (Phi) is 5.69. The van der Waals surface area contributed by atoms with Crippen molar-refractivity contribution in [3.63, 3.8) is 0 Å². The molecule has 2 aromatic heterocycles. The lowest BCUT2D eigenvalue weighted by molar-refractivity contribution is -0.113. The Labute approximate surface area is 173 Å². The van der Waals surface area contributed by atoms with Crippen LogP contribution in [-0.4, -0.2) is 39.1 Å². The van der Waals surface area contributed by atoms with Crippen LogP contribution in [-0.2, 0) is 11.2 Å². The summed E-state index contributed by atoms with van der Waals surface area (Å²) >= 11 is 4.11. The second-order valence-electron chi connectivity index (χ2n) is 5.78. The molecule has 144 valence electrons. The Morgan fingerprint density at radius 1 is 1.43 bits per heavy atom. The van der Waals surface area contributed by atoms with Crippen molar-refractivity contribution in [3.8, 4) is 11.4 Å². The van der Waals surface area contributed by atoms with Gasteiger partial charge in [-0.2, -0.15) is 0 Å². The standard InChI is InChI=1S/C18H16N4O3S3/c1-25-12-4-2-3-11(9-12)22-16(24)15-13(5-7-26-15)20-18(22)28-10-14(23)21-17-19-6-8-27-17/h2-4,6,8-9H,5,7,10H2,1H3,(H,19,21,23). The van der Waals surface area contributed by atoms with Crippen LogP contribution in [0.4, 0.5) is 5.13 Å². The smallest absolute Gasteiger partial charge is 0.272 e. The van der Waals surface area contributed by atoms with Crippen molar-refractivity contribution >= 4 is 45.9 Å². The largest absolute Gasteiger partial charge is 0.497 e. The zero-order valence-corrected chi connectivity index (χ0v) is 17.3. The number of hydrogen-bond donors (Lipinski definition) is 1. The highest BCUT2D eigenvalue weighted by atomic mass is 32.2. The molecule has 0 fully saturated rings. The molecule has 3 heterocycles. The van der Waals surface area contributed by atoms with Gasteiger partial charge in [0.2, 0.25) is 5.91 Å². The van der Waals surface area contributed by atoms with E-state index < -0.39 is 0 Å². The molecule has 7 nitrogen and oxygen atoms in total. The van der Waals surface area contributed by atoms with Crippen LogP contribution in [0.2, 0.25) is 0 Å². The number of amides is 1. The number of carbonyl (C=O) groups excluding carboxylic acids is 1. The van der Waals surface area contributed by atoms with Crippen molar-refractivity contribution in [2.45, 2.75) is 16.5 Å². The van der Waals surface area contributed by atoms with Crippen molar-refractivity contribution in [1.29, 1.82) is 0 Å². The number of benzene rings is 1. The summed E-state index contributed by atoms with van der Waals surface area (Å²) < 4.78 is 6.84. The summed E-state index contributed by atoms with van der Waals surface area (Å²) in [6.45, 7) is 0. The first-order valence-corrected chi connectivity index (χ1v) is 11.3. The van der Waals surface area contributed by atoms with Gasteiger partial charge in [-0.05, 0) is 12.1 Å². The first-order valence-electron chi connectivity index (χ1n) is 8.41. The molecule has 28 heavy (non-hydrogen) atoms. The first-order chi connectivity index (χ1) is 13.7. The highest BCUT2D eigenvalue weighted by Gasteiger charge is 2.23. The van der Waals surface area contributed by atoms with Gasteiger partial charge in [0.05, 0.1) is 29.1 Å². The van der Waals surface area contributed by atoms with Gasteiger partial charge in [0.1, 0.15) is 5.75 Å². The fourth-order valence-corrected chi connectivity index (χ4v) is 5.14. The molecule has 1 aromatic carbocycles. The Morgan fingerprint density at radius 3 is 3.11 bits per heavy atom. The number of thiazole rings is 1. The summed E-state index contributed by atoms with van der Waals surface area (Å²) in [6, 6.07) is 7.26. The SMILES string of the molecule is COc1cccc(-n2c(SCC(=O)Nc3nccs3)nc3c(c2=O)SCC3)c1. The lowest BCUT2D eigenvalue weighted by Gasteiger charge is -2.14. The number of anilines is 1. The maximum Gasteiger partial charge on any atom is 0.272 e. The Morgan fingerprint density at radius 2 is 2.32 bits per heavy atom. The number of thioether (sulfide) groups is 2. The minimum absolute atomic E-state index is 0.108. The van der Waals surface area contributed by atoms with E-state index in [1.807, 2.05) is 18.2 Å². The third-order valence-electron chi connectivity index (χ3n) is 3.99. The maximum atomic E-state index is 13.1. The zero-order valence-electron chi connectivity index (χ0n) is 14.9. The van der Waals surface area contributed by atoms with Crippen LogP contribution in [0.15, 0.2) is 50.7 Å². The number of carbonyl (C=O) groups is 1. The molecule has 0 saturated heterocycles. The third-order valence-corrected chi connectivity index (χ3v) is 6.72. The van der Waals surface area contributed by atoms with Crippen molar-refractivity contribution < 1.29 is 9.53 Å². The van der Waals surface area contributed by atoms with Crippen molar-refractivity contribution in [2.24, 2.45) is 0 Å². The van der Waals surface area contributed by atoms with E-state index in [4.69, 9.17) is 4.74 Å². The summed E-state index contributed by atoms with van der Waals surface area (Å²) in [7, 11) is 1.58. The summed E-state index contributed by atoms with van der Waals surface area (Å²) in [5, 5.41) is 5.58.